The molecule has 1 atom stereocenters. The molecule has 35 heavy (non-hydrogen) atoms. The Labute approximate surface area is 208 Å². The monoisotopic (exact) mass is 495 g/mol. The van der Waals surface area contributed by atoms with Gasteiger partial charge < -0.3 is 19.8 Å². The van der Waals surface area contributed by atoms with Crippen LogP contribution in [0.25, 0.3) is 11.4 Å². The number of hydrogen-bond donors (Lipinski definition) is 2. The van der Waals surface area contributed by atoms with E-state index in [-0.39, 0.29) is 6.61 Å². The van der Waals surface area contributed by atoms with E-state index in [2.05, 4.69) is 15.3 Å². The zero-order valence-corrected chi connectivity index (χ0v) is 21.1. The van der Waals surface area contributed by atoms with Crippen molar-refractivity contribution in [2.24, 2.45) is 0 Å². The van der Waals surface area contributed by atoms with Crippen LogP contribution in [0.3, 0.4) is 0 Å². The van der Waals surface area contributed by atoms with Crippen LogP contribution in [0.1, 0.15) is 69.2 Å². The van der Waals surface area contributed by atoms with Crippen LogP contribution in [0.5, 0.6) is 0 Å². The predicted octanol–water partition coefficient (Wildman–Crippen LogP) is 4.99. The van der Waals surface area contributed by atoms with Gasteiger partial charge in [-0.3, -0.25) is 4.79 Å². The number of amides is 1. The van der Waals surface area contributed by atoms with E-state index in [9.17, 15) is 14.4 Å². The molecule has 0 bridgehead atoms. The van der Waals surface area contributed by atoms with Crippen molar-refractivity contribution in [2.75, 3.05) is 11.9 Å². The van der Waals surface area contributed by atoms with E-state index >= 15 is 0 Å². The zero-order chi connectivity index (χ0) is 25.1. The van der Waals surface area contributed by atoms with Gasteiger partial charge in [-0.2, -0.15) is 0 Å². The highest BCUT2D eigenvalue weighted by Crippen LogP contribution is 2.38. The number of nitrogens with one attached hydrogen (secondary N) is 2. The number of carbonyl (C=O) groups excluding carboxylic acids is 3. The molecule has 0 spiro atoms. The first-order valence-electron chi connectivity index (χ1n) is 11.8. The number of rotatable bonds is 7. The summed E-state index contributed by atoms with van der Waals surface area (Å²) in [5, 5.41) is 3.25. The average Bonchev–Trinajstić information content (AvgIpc) is 3.38. The maximum absolute atomic E-state index is 12.9. The third-order valence-corrected chi connectivity index (χ3v) is 7.27. The number of imidazole rings is 1. The molecule has 184 valence electrons. The fraction of sp³-hybridized carbons (Fsp3) is 0.385. The number of fused-ring (bicyclic) bond motifs is 1. The fourth-order valence-corrected chi connectivity index (χ4v) is 5.30. The Kier molecular flexibility index (Phi) is 7.35. The van der Waals surface area contributed by atoms with Crippen LogP contribution in [0, 0.1) is 13.8 Å². The molecule has 0 radical (unpaired) electrons. The van der Waals surface area contributed by atoms with E-state index in [0.29, 0.717) is 16.1 Å². The Morgan fingerprint density at radius 2 is 1.83 bits per heavy atom. The fourth-order valence-electron chi connectivity index (χ4n) is 4.02. The van der Waals surface area contributed by atoms with Gasteiger partial charge in [-0.15, -0.1) is 11.3 Å². The van der Waals surface area contributed by atoms with Crippen molar-refractivity contribution in [3.05, 3.63) is 57.2 Å². The van der Waals surface area contributed by atoms with Crippen molar-refractivity contribution in [1.29, 1.82) is 0 Å². The van der Waals surface area contributed by atoms with Crippen LogP contribution >= 0.6 is 11.3 Å². The third kappa shape index (κ3) is 5.30. The Morgan fingerprint density at radius 3 is 2.49 bits per heavy atom. The molecular formula is C26H29N3O5S. The second-order valence-electron chi connectivity index (χ2n) is 8.55. The van der Waals surface area contributed by atoms with Gasteiger partial charge in [0.2, 0.25) is 0 Å². The van der Waals surface area contributed by atoms with Crippen LogP contribution in [-0.4, -0.2) is 40.5 Å². The van der Waals surface area contributed by atoms with Gasteiger partial charge in [0, 0.05) is 16.1 Å². The quantitative estimate of drug-likeness (QED) is 0.447. The van der Waals surface area contributed by atoms with Crippen LogP contribution in [0.4, 0.5) is 5.00 Å². The van der Waals surface area contributed by atoms with Crippen molar-refractivity contribution in [3.8, 4) is 11.4 Å². The van der Waals surface area contributed by atoms with Crippen LogP contribution in [0.2, 0.25) is 0 Å². The van der Waals surface area contributed by atoms with Gasteiger partial charge in [0.05, 0.1) is 23.4 Å². The molecule has 0 saturated carbocycles. The Morgan fingerprint density at radius 1 is 1.11 bits per heavy atom. The number of H-pyrrole nitrogens is 1. The van der Waals surface area contributed by atoms with Crippen LogP contribution in [0.15, 0.2) is 24.3 Å². The molecule has 3 aromatic rings. The molecule has 0 aliphatic heterocycles. The van der Waals surface area contributed by atoms with Gasteiger partial charge in [0.25, 0.3) is 5.91 Å². The van der Waals surface area contributed by atoms with E-state index in [1.54, 1.807) is 31.2 Å². The standard InChI is InChI=1S/C26H29N3O5S/c1-5-33-26(32)21-19-8-6-7-9-20(19)35-24(21)29-23(30)16(4)34-25(31)18-12-10-17(11-13-18)22-27-14(2)15(3)28-22/h10-13,16H,5-9H2,1-4H3,(H,27,28)(H,29,30). The molecule has 2 N–H and O–H groups in total. The molecule has 4 rings (SSSR count). The van der Waals surface area contributed by atoms with Crippen LogP contribution < -0.4 is 5.32 Å². The van der Waals surface area contributed by atoms with E-state index < -0.39 is 23.9 Å². The highest BCUT2D eigenvalue weighted by Gasteiger charge is 2.29. The summed E-state index contributed by atoms with van der Waals surface area (Å²) in [4.78, 5) is 46.9. The summed E-state index contributed by atoms with van der Waals surface area (Å²) < 4.78 is 10.6. The third-order valence-electron chi connectivity index (χ3n) is 6.06. The van der Waals surface area contributed by atoms with Gasteiger partial charge in [-0.1, -0.05) is 12.1 Å². The topological polar surface area (TPSA) is 110 Å². The molecule has 2 heterocycles. The maximum atomic E-state index is 12.9. The number of aromatic amines is 1. The molecule has 1 aromatic carbocycles. The number of aryl methyl sites for hydroxylation is 3. The number of thiophene rings is 1. The maximum Gasteiger partial charge on any atom is 0.341 e. The predicted molar refractivity (Wildman–Crippen MR) is 134 cm³/mol. The van der Waals surface area contributed by atoms with Gasteiger partial charge in [-0.05, 0) is 71.1 Å². The Balaban J connectivity index is 1.43. The highest BCUT2D eigenvalue weighted by molar-refractivity contribution is 7.17. The Bertz CT molecular complexity index is 1240. The van der Waals surface area contributed by atoms with Crippen molar-refractivity contribution < 1.29 is 23.9 Å². The lowest BCUT2D eigenvalue weighted by molar-refractivity contribution is -0.123. The second kappa shape index (κ2) is 10.4. The first kappa shape index (κ1) is 24.7. The summed E-state index contributed by atoms with van der Waals surface area (Å²) in [6, 6.07) is 6.84. The van der Waals surface area contributed by atoms with E-state index in [1.165, 1.54) is 18.3 Å². The first-order valence-corrected chi connectivity index (χ1v) is 12.6. The number of esters is 2. The summed E-state index contributed by atoms with van der Waals surface area (Å²) in [6.07, 6.45) is 2.66. The number of benzene rings is 1. The highest BCUT2D eigenvalue weighted by atomic mass is 32.1. The van der Waals surface area contributed by atoms with Crippen molar-refractivity contribution in [2.45, 2.75) is 59.5 Å². The number of carbonyl (C=O) groups is 3. The second-order valence-corrected chi connectivity index (χ2v) is 9.65. The summed E-state index contributed by atoms with van der Waals surface area (Å²) >= 11 is 1.40. The minimum Gasteiger partial charge on any atom is -0.462 e. The largest absolute Gasteiger partial charge is 0.462 e. The van der Waals surface area contributed by atoms with E-state index in [1.807, 2.05) is 13.8 Å². The van der Waals surface area contributed by atoms with Gasteiger partial charge in [0.1, 0.15) is 10.8 Å². The number of ether oxygens (including phenoxy) is 2. The van der Waals surface area contributed by atoms with Gasteiger partial charge in [0.15, 0.2) is 6.10 Å². The summed E-state index contributed by atoms with van der Waals surface area (Å²) in [7, 11) is 0. The van der Waals surface area contributed by atoms with Gasteiger partial charge >= 0.3 is 11.9 Å². The number of anilines is 1. The molecular weight excluding hydrogens is 466 g/mol. The first-order chi connectivity index (χ1) is 16.8. The normalized spacial score (nSPS) is 13.6. The summed E-state index contributed by atoms with van der Waals surface area (Å²) in [5.41, 5.74) is 4.46. The SMILES string of the molecule is CCOC(=O)c1c(NC(=O)C(C)OC(=O)c2ccc(-c3nc(C)c(C)[nH]3)cc2)sc2c1CCCC2. The van der Waals surface area contributed by atoms with Crippen molar-refractivity contribution >= 4 is 34.2 Å². The molecule has 1 unspecified atom stereocenters. The smallest absolute Gasteiger partial charge is 0.341 e. The minimum atomic E-state index is -1.05. The summed E-state index contributed by atoms with van der Waals surface area (Å²) in [5.74, 6) is -0.819. The average molecular weight is 496 g/mol. The number of aromatic nitrogens is 2. The molecule has 1 amide bonds. The molecule has 1 aliphatic rings. The lowest BCUT2D eigenvalue weighted by Gasteiger charge is -2.14. The molecule has 1 aliphatic carbocycles. The molecule has 9 heteroatoms. The van der Waals surface area contributed by atoms with Crippen LogP contribution in [-0.2, 0) is 27.1 Å². The zero-order valence-electron chi connectivity index (χ0n) is 20.3. The van der Waals surface area contributed by atoms with Crippen molar-refractivity contribution in [1.82, 2.24) is 9.97 Å². The molecule has 0 fully saturated rings. The number of nitrogens with zero attached hydrogens (tertiary/aromatic N) is 1. The molecule has 0 saturated heterocycles. The summed E-state index contributed by atoms with van der Waals surface area (Å²) in [6.45, 7) is 7.38. The van der Waals surface area contributed by atoms with E-state index in [0.717, 1.165) is 58.9 Å². The molecule has 2 aromatic heterocycles. The molecule has 8 nitrogen and oxygen atoms in total. The number of hydrogen-bond acceptors (Lipinski definition) is 7. The van der Waals surface area contributed by atoms with E-state index in [4.69, 9.17) is 9.47 Å². The Hall–Kier alpha value is -3.46. The lowest BCUT2D eigenvalue weighted by Crippen LogP contribution is -2.30. The lowest BCUT2D eigenvalue weighted by atomic mass is 9.95. The van der Waals surface area contributed by atoms with Crippen molar-refractivity contribution in [3.63, 3.8) is 0 Å². The minimum absolute atomic E-state index is 0.253. The van der Waals surface area contributed by atoms with Gasteiger partial charge in [-0.25, -0.2) is 14.6 Å².